The number of nitrogens with zero attached hydrogens (tertiary/aromatic N) is 1. The first kappa shape index (κ1) is 37.0. The molecule has 244 valence electrons. The molecular weight excluding hydrogens is 578 g/mol. The molecule has 44 heavy (non-hydrogen) atoms. The Morgan fingerprint density at radius 1 is 1.05 bits per heavy atom. The number of aliphatic carboxylic acids is 1. The average Bonchev–Trinajstić information content (AvgIpc) is 3.32. The second kappa shape index (κ2) is 15.2. The Labute approximate surface area is 263 Å². The summed E-state index contributed by atoms with van der Waals surface area (Å²) in [6, 6.07) is 4.87. The molecule has 0 spiro atoms. The Bertz CT molecular complexity index is 1210. The molecule has 0 aromatic heterocycles. The van der Waals surface area contributed by atoms with Crippen molar-refractivity contribution >= 4 is 32.0 Å². The number of terminal acetylenes is 1. The highest BCUT2D eigenvalue weighted by atomic mass is 28.4. The zero-order valence-electron chi connectivity index (χ0n) is 27.5. The number of hydrogen-bond donors (Lipinski definition) is 4. The lowest BCUT2D eigenvalue weighted by molar-refractivity contribution is -0.144. The Kier molecular flexibility index (Phi) is 12.8. The summed E-state index contributed by atoms with van der Waals surface area (Å²) in [5, 5.41) is 25.2. The van der Waals surface area contributed by atoms with Crippen LogP contribution >= 0.6 is 0 Å². The Hall–Kier alpha value is -3.20. The quantitative estimate of drug-likeness (QED) is 0.147. The minimum Gasteiger partial charge on any atom is -0.481 e. The minimum atomic E-state index is -2.17. The number of carbonyl (C=O) groups is 4. The van der Waals surface area contributed by atoms with Gasteiger partial charge in [-0.15, -0.1) is 6.42 Å². The van der Waals surface area contributed by atoms with Gasteiger partial charge < -0.3 is 30.2 Å². The maximum atomic E-state index is 13.9. The molecule has 1 aromatic rings. The predicted octanol–water partition coefficient (Wildman–Crippen LogP) is 3.98. The summed E-state index contributed by atoms with van der Waals surface area (Å²) in [7, 11) is -2.17. The van der Waals surface area contributed by atoms with E-state index in [0.29, 0.717) is 18.4 Å². The van der Waals surface area contributed by atoms with Crippen molar-refractivity contribution in [1.82, 2.24) is 15.5 Å². The molecule has 3 amide bonds. The number of unbranched alkanes of at least 4 members (excludes halogenated alkanes) is 1. The van der Waals surface area contributed by atoms with Crippen molar-refractivity contribution < 1.29 is 33.8 Å². The van der Waals surface area contributed by atoms with Gasteiger partial charge in [-0.3, -0.25) is 19.2 Å². The number of carboxylic acid groups (broad SMARTS) is 1. The van der Waals surface area contributed by atoms with Crippen LogP contribution in [0.5, 0.6) is 0 Å². The van der Waals surface area contributed by atoms with Crippen molar-refractivity contribution in [2.24, 2.45) is 5.41 Å². The third-order valence-electron chi connectivity index (χ3n) is 8.54. The number of carboxylic acids is 1. The van der Waals surface area contributed by atoms with Crippen molar-refractivity contribution in [3.8, 4) is 12.3 Å². The monoisotopic (exact) mass is 629 g/mol. The fourth-order valence-corrected chi connectivity index (χ4v) is 5.74. The van der Waals surface area contributed by atoms with Crippen LogP contribution in [0.2, 0.25) is 18.1 Å². The molecule has 1 heterocycles. The van der Waals surface area contributed by atoms with E-state index in [0.717, 1.165) is 5.56 Å². The van der Waals surface area contributed by atoms with Crippen LogP contribution in [-0.2, 0) is 23.6 Å². The van der Waals surface area contributed by atoms with Gasteiger partial charge >= 0.3 is 5.97 Å². The van der Waals surface area contributed by atoms with Gasteiger partial charge in [0.25, 0.3) is 0 Å². The van der Waals surface area contributed by atoms with E-state index in [1.165, 1.54) is 4.90 Å². The third kappa shape index (κ3) is 10.5. The number of carbonyl (C=O) groups excluding carboxylic acids is 3. The van der Waals surface area contributed by atoms with Crippen LogP contribution in [0.4, 0.5) is 0 Å². The lowest BCUT2D eigenvalue weighted by atomic mass is 9.85. The Morgan fingerprint density at radius 2 is 1.64 bits per heavy atom. The van der Waals surface area contributed by atoms with Gasteiger partial charge in [0.05, 0.1) is 18.8 Å². The number of amides is 3. The molecule has 2 unspecified atom stereocenters. The summed E-state index contributed by atoms with van der Waals surface area (Å²) in [6.07, 6.45) is 5.46. The maximum Gasteiger partial charge on any atom is 0.303 e. The smallest absolute Gasteiger partial charge is 0.303 e. The first-order chi connectivity index (χ1) is 20.3. The van der Waals surface area contributed by atoms with Gasteiger partial charge in [0.2, 0.25) is 17.7 Å². The van der Waals surface area contributed by atoms with E-state index in [2.05, 4.69) is 50.4 Å². The molecule has 2 rings (SSSR count). The number of β-amino-alcohol motifs (C(OH)–C–C–N with tert-alkyl or cyclic N) is 1. The molecule has 10 nitrogen and oxygen atoms in total. The molecule has 0 bridgehead atoms. The van der Waals surface area contributed by atoms with Crippen LogP contribution < -0.4 is 10.6 Å². The molecule has 1 fully saturated rings. The average molecular weight is 630 g/mol. The standard InChI is InChI=1S/C33H51N3O7Si/c1-10-22-15-17-23(18-16-22)25(21-43-44(8,9)33(5,6)7)34-30(41)26-19-24(37)20-36(26)31(42)29(32(2,3)4)35-27(38)13-11-12-14-28(39)40/h1,15-18,24-26,29,37H,11-14,19-21H2,2-9H3,(H,34,41)(H,35,38)(H,39,40)/t24-,25?,26+,29?/m1/s1. The van der Waals surface area contributed by atoms with Crippen LogP contribution in [0.3, 0.4) is 0 Å². The van der Waals surface area contributed by atoms with Crippen LogP contribution in [0, 0.1) is 17.8 Å². The number of nitrogens with one attached hydrogen (secondary N) is 2. The maximum absolute atomic E-state index is 13.9. The number of hydrogen-bond acceptors (Lipinski definition) is 6. The molecule has 4 atom stereocenters. The molecule has 0 radical (unpaired) electrons. The topological polar surface area (TPSA) is 145 Å². The fourth-order valence-electron chi connectivity index (χ4n) is 4.72. The second-order valence-electron chi connectivity index (χ2n) is 14.3. The second-order valence-corrected chi connectivity index (χ2v) is 19.1. The van der Waals surface area contributed by atoms with Crippen LogP contribution in [0.15, 0.2) is 24.3 Å². The molecule has 0 aliphatic carbocycles. The normalized spacial score (nSPS) is 18.7. The van der Waals surface area contributed by atoms with Gasteiger partial charge in [0, 0.05) is 31.4 Å². The van der Waals surface area contributed by atoms with Gasteiger partial charge in [0.1, 0.15) is 12.1 Å². The van der Waals surface area contributed by atoms with Crippen molar-refractivity contribution in [1.29, 1.82) is 0 Å². The van der Waals surface area contributed by atoms with E-state index in [9.17, 15) is 24.3 Å². The van der Waals surface area contributed by atoms with Gasteiger partial charge in [-0.1, -0.05) is 59.6 Å². The highest BCUT2D eigenvalue weighted by Gasteiger charge is 2.45. The Balaban J connectivity index is 2.27. The van der Waals surface area contributed by atoms with E-state index in [1.54, 1.807) is 12.1 Å². The van der Waals surface area contributed by atoms with E-state index in [1.807, 2.05) is 32.9 Å². The zero-order valence-corrected chi connectivity index (χ0v) is 28.5. The largest absolute Gasteiger partial charge is 0.481 e. The molecule has 0 saturated carbocycles. The number of likely N-dealkylation sites (tertiary alicyclic amines) is 1. The zero-order chi connectivity index (χ0) is 33.5. The summed E-state index contributed by atoms with van der Waals surface area (Å²) in [5.41, 5.74) is 0.813. The summed E-state index contributed by atoms with van der Waals surface area (Å²) in [6.45, 7) is 16.3. The fraction of sp³-hybridized carbons (Fsp3) is 0.636. The highest BCUT2D eigenvalue weighted by Crippen LogP contribution is 2.37. The molecule has 1 aliphatic heterocycles. The summed E-state index contributed by atoms with van der Waals surface area (Å²) >= 11 is 0. The number of benzene rings is 1. The molecule has 1 aromatic carbocycles. The molecule has 11 heteroatoms. The first-order valence-electron chi connectivity index (χ1n) is 15.3. The minimum absolute atomic E-state index is 0.0344. The van der Waals surface area contributed by atoms with Gasteiger partial charge in [-0.05, 0) is 54.1 Å². The molecule has 1 saturated heterocycles. The van der Waals surface area contributed by atoms with Crippen molar-refractivity contribution in [3.63, 3.8) is 0 Å². The lowest BCUT2D eigenvalue weighted by Crippen LogP contribution is -2.58. The van der Waals surface area contributed by atoms with Gasteiger partial charge in [-0.2, -0.15) is 0 Å². The van der Waals surface area contributed by atoms with Gasteiger partial charge in [-0.25, -0.2) is 0 Å². The SMILES string of the molecule is C#Cc1ccc(C(CO[Si](C)(C)C(C)(C)C)NC(=O)[C@@H]2C[C@@H](O)CN2C(=O)C(NC(=O)CCCCC(=O)O)C(C)(C)C)cc1. The van der Waals surface area contributed by atoms with Crippen molar-refractivity contribution in [3.05, 3.63) is 35.4 Å². The number of aliphatic hydroxyl groups excluding tert-OH is 1. The van der Waals surface area contributed by atoms with E-state index < -0.39 is 55.7 Å². The van der Waals surface area contributed by atoms with Gasteiger partial charge in [0.15, 0.2) is 8.32 Å². The van der Waals surface area contributed by atoms with Crippen molar-refractivity contribution in [2.75, 3.05) is 13.2 Å². The van der Waals surface area contributed by atoms with E-state index in [4.69, 9.17) is 16.0 Å². The summed E-state index contributed by atoms with van der Waals surface area (Å²) in [4.78, 5) is 52.6. The van der Waals surface area contributed by atoms with Crippen LogP contribution in [-0.4, -0.2) is 78.5 Å². The highest BCUT2D eigenvalue weighted by molar-refractivity contribution is 6.74. The molecule has 4 N–H and O–H groups in total. The Morgan fingerprint density at radius 3 is 2.16 bits per heavy atom. The van der Waals surface area contributed by atoms with Crippen LogP contribution in [0.1, 0.15) is 90.8 Å². The van der Waals surface area contributed by atoms with Crippen LogP contribution in [0.25, 0.3) is 0 Å². The molecule has 1 aliphatic rings. The lowest BCUT2D eigenvalue weighted by Gasteiger charge is -2.38. The van der Waals surface area contributed by atoms with E-state index >= 15 is 0 Å². The predicted molar refractivity (Wildman–Crippen MR) is 172 cm³/mol. The van der Waals surface area contributed by atoms with E-state index in [-0.39, 0.29) is 43.4 Å². The first-order valence-corrected chi connectivity index (χ1v) is 18.2. The number of aliphatic hydroxyl groups is 1. The third-order valence-corrected chi connectivity index (χ3v) is 13.0. The van der Waals surface area contributed by atoms with Crippen molar-refractivity contribution in [2.45, 2.75) is 116 Å². The number of rotatable bonds is 13. The summed E-state index contributed by atoms with van der Waals surface area (Å²) < 4.78 is 6.48. The molecular formula is C33H51N3O7Si. The summed E-state index contributed by atoms with van der Waals surface area (Å²) in [5.74, 6) is 0.414.